The van der Waals surface area contributed by atoms with Crippen molar-refractivity contribution in [3.63, 3.8) is 0 Å². The Morgan fingerprint density at radius 3 is 1.38 bits per heavy atom. The molecule has 0 radical (unpaired) electrons. The van der Waals surface area contributed by atoms with E-state index in [9.17, 15) is 0 Å². The molecule has 4 heteroatoms. The fourth-order valence-electron chi connectivity index (χ4n) is 8.87. The third kappa shape index (κ3) is 7.38. The minimum atomic E-state index is -0.0562. The summed E-state index contributed by atoms with van der Waals surface area (Å²) in [5.74, 6) is 6.17. The van der Waals surface area contributed by atoms with Crippen LogP contribution in [-0.2, 0) is 5.41 Å². The molecule has 0 spiro atoms. The molecule has 48 heavy (non-hydrogen) atoms. The monoisotopic (exact) mass is 644 g/mol. The average Bonchev–Trinajstić information content (AvgIpc) is 3.09. The number of nitrogen functional groups attached to an aromatic ring is 2. The van der Waals surface area contributed by atoms with E-state index in [1.54, 1.807) is 0 Å². The molecule has 4 aromatic carbocycles. The van der Waals surface area contributed by atoms with E-state index >= 15 is 0 Å². The summed E-state index contributed by atoms with van der Waals surface area (Å²) in [6, 6.07) is 25.0. The molecule has 0 aromatic heterocycles. The average molecular weight is 645 g/mol. The molecular weight excluding hydrogens is 588 g/mol. The summed E-state index contributed by atoms with van der Waals surface area (Å²) < 4.78 is 12.9. The molecule has 4 nitrogen and oxygen atoms in total. The lowest BCUT2D eigenvalue weighted by Gasteiger charge is -2.45. The molecule has 6 rings (SSSR count). The minimum absolute atomic E-state index is 0.0562. The molecule has 4 aromatic rings. The van der Waals surface area contributed by atoms with Crippen LogP contribution >= 0.6 is 0 Å². The first-order valence-electron chi connectivity index (χ1n) is 18.5. The van der Waals surface area contributed by atoms with Crippen molar-refractivity contribution in [3.8, 4) is 23.0 Å². The molecule has 0 heterocycles. The molecular formula is C44H56N2O2. The zero-order valence-electron chi connectivity index (χ0n) is 29.9. The maximum Gasteiger partial charge on any atom is 0.133 e. The Bertz CT molecular complexity index is 1520. The first kappa shape index (κ1) is 34.0. The van der Waals surface area contributed by atoms with E-state index in [1.807, 2.05) is 48.5 Å². The lowest BCUT2D eigenvalue weighted by Crippen LogP contribution is -2.36. The molecule has 2 fully saturated rings. The molecule has 4 N–H and O–H groups in total. The van der Waals surface area contributed by atoms with Crippen LogP contribution in [0.15, 0.2) is 72.8 Å². The number of benzene rings is 4. The Morgan fingerprint density at radius 1 is 0.583 bits per heavy atom. The first-order valence-corrected chi connectivity index (χ1v) is 18.5. The van der Waals surface area contributed by atoms with Gasteiger partial charge in [0, 0.05) is 16.8 Å². The van der Waals surface area contributed by atoms with Gasteiger partial charge in [-0.3, -0.25) is 0 Å². The third-order valence-electron chi connectivity index (χ3n) is 11.6. The molecule has 0 amide bonds. The van der Waals surface area contributed by atoms with Gasteiger partial charge in [0.1, 0.15) is 23.0 Å². The summed E-state index contributed by atoms with van der Waals surface area (Å²) in [5, 5.41) is 0. The molecule has 2 aliphatic carbocycles. The van der Waals surface area contributed by atoms with E-state index < -0.39 is 0 Å². The molecule has 0 atom stereocenters. The fraction of sp³-hybridized carbons (Fsp3) is 0.455. The zero-order valence-corrected chi connectivity index (χ0v) is 29.9. The summed E-state index contributed by atoms with van der Waals surface area (Å²) >= 11 is 0. The maximum atomic E-state index is 6.44. The van der Waals surface area contributed by atoms with Crippen LogP contribution in [0.1, 0.15) is 111 Å². The van der Waals surface area contributed by atoms with Gasteiger partial charge < -0.3 is 20.9 Å². The second-order valence-electron chi connectivity index (χ2n) is 15.1. The fourth-order valence-corrected chi connectivity index (χ4v) is 8.87. The molecule has 0 saturated heterocycles. The Hall–Kier alpha value is -3.92. The Balaban J connectivity index is 1.31. The highest BCUT2D eigenvalue weighted by molar-refractivity contribution is 5.55. The molecule has 0 unspecified atom stereocenters. The van der Waals surface area contributed by atoms with Crippen molar-refractivity contribution >= 4 is 11.4 Å². The van der Waals surface area contributed by atoms with Crippen molar-refractivity contribution in [3.05, 3.63) is 106 Å². The number of anilines is 2. The molecule has 2 aliphatic rings. The van der Waals surface area contributed by atoms with E-state index in [2.05, 4.69) is 58.9 Å². The van der Waals surface area contributed by atoms with Crippen LogP contribution in [0.4, 0.5) is 11.4 Å². The Kier molecular flexibility index (Phi) is 10.4. The van der Waals surface area contributed by atoms with Crippen molar-refractivity contribution in [2.75, 3.05) is 11.5 Å². The van der Waals surface area contributed by atoms with Gasteiger partial charge in [-0.2, -0.15) is 0 Å². The van der Waals surface area contributed by atoms with Crippen LogP contribution in [0.5, 0.6) is 23.0 Å². The summed E-state index contributed by atoms with van der Waals surface area (Å²) in [5.41, 5.74) is 20.8. The predicted molar refractivity (Wildman–Crippen MR) is 201 cm³/mol. The van der Waals surface area contributed by atoms with E-state index in [4.69, 9.17) is 20.9 Å². The second-order valence-corrected chi connectivity index (χ2v) is 15.1. The highest BCUT2D eigenvalue weighted by Crippen LogP contribution is 2.52. The number of aryl methyl sites for hydroxylation is 4. The number of nitrogens with two attached hydrogens (primary N) is 2. The topological polar surface area (TPSA) is 70.5 Å². The normalized spacial score (nSPS) is 19.6. The lowest BCUT2D eigenvalue weighted by molar-refractivity contribution is 0.140. The number of ether oxygens (including phenoxy) is 2. The third-order valence-corrected chi connectivity index (χ3v) is 11.6. The predicted octanol–water partition coefficient (Wildman–Crippen LogP) is 12.1. The van der Waals surface area contributed by atoms with Gasteiger partial charge in [0.05, 0.1) is 0 Å². The van der Waals surface area contributed by atoms with Crippen molar-refractivity contribution < 1.29 is 9.47 Å². The van der Waals surface area contributed by atoms with E-state index in [-0.39, 0.29) is 5.41 Å². The number of hydrogen-bond donors (Lipinski definition) is 2. The van der Waals surface area contributed by atoms with Crippen LogP contribution in [0, 0.1) is 45.4 Å². The van der Waals surface area contributed by atoms with Crippen LogP contribution in [0.3, 0.4) is 0 Å². The zero-order chi connectivity index (χ0) is 33.8. The summed E-state index contributed by atoms with van der Waals surface area (Å²) in [4.78, 5) is 0. The van der Waals surface area contributed by atoms with E-state index in [1.165, 1.54) is 104 Å². The van der Waals surface area contributed by atoms with E-state index in [0.717, 1.165) is 52.1 Å². The van der Waals surface area contributed by atoms with Gasteiger partial charge in [0.25, 0.3) is 0 Å². The quantitative estimate of drug-likeness (QED) is 0.169. The molecule has 0 bridgehead atoms. The van der Waals surface area contributed by atoms with Crippen LogP contribution in [0.2, 0.25) is 0 Å². The molecule has 2 saturated carbocycles. The standard InChI is InChI=1S/C44H56N2O2/c1-6-7-8-33-9-11-34(12-10-33)35-21-23-44(24-22-35,36-25-29(2)42(30(3)26-36)47-40-17-13-38(45)14-18-40)37-27-31(4)43(32(5)28-37)48-41-19-15-39(46)16-20-41/h13-20,25-28,33-35H,6-12,21-24,45-46H2,1-5H3/t33-,34-. The first-order chi connectivity index (χ1) is 23.1. The summed E-state index contributed by atoms with van der Waals surface area (Å²) in [6.07, 6.45) is 14.8. The van der Waals surface area contributed by atoms with Gasteiger partial charge in [-0.05, 0) is 166 Å². The van der Waals surface area contributed by atoms with E-state index in [0.29, 0.717) is 0 Å². The van der Waals surface area contributed by atoms with Gasteiger partial charge in [-0.15, -0.1) is 0 Å². The van der Waals surface area contributed by atoms with Crippen LogP contribution < -0.4 is 20.9 Å². The maximum absolute atomic E-state index is 6.44. The Labute approximate surface area is 289 Å². The van der Waals surface area contributed by atoms with Gasteiger partial charge in [0.15, 0.2) is 0 Å². The summed E-state index contributed by atoms with van der Waals surface area (Å²) in [7, 11) is 0. The second kappa shape index (κ2) is 14.7. The van der Waals surface area contributed by atoms with Crippen LogP contribution in [0.25, 0.3) is 0 Å². The van der Waals surface area contributed by atoms with Gasteiger partial charge >= 0.3 is 0 Å². The van der Waals surface area contributed by atoms with Gasteiger partial charge in [0.2, 0.25) is 0 Å². The molecule has 0 aliphatic heterocycles. The van der Waals surface area contributed by atoms with Crippen molar-refractivity contribution in [1.82, 2.24) is 0 Å². The number of hydrogen-bond acceptors (Lipinski definition) is 4. The molecule has 254 valence electrons. The SMILES string of the molecule is CCCC[C@H]1CC[C@H](C2CCC(c3cc(C)c(Oc4ccc(N)cc4)c(C)c3)(c3cc(C)c(Oc4ccc(N)cc4)c(C)c3)CC2)CC1. The number of rotatable bonds is 10. The summed E-state index contributed by atoms with van der Waals surface area (Å²) in [6.45, 7) is 11.1. The van der Waals surface area contributed by atoms with Crippen LogP contribution in [-0.4, -0.2) is 0 Å². The van der Waals surface area contributed by atoms with Gasteiger partial charge in [-0.25, -0.2) is 0 Å². The number of unbranched alkanes of at least 4 members (excludes halogenated alkanes) is 1. The highest BCUT2D eigenvalue weighted by Gasteiger charge is 2.42. The van der Waals surface area contributed by atoms with Crippen molar-refractivity contribution in [1.29, 1.82) is 0 Å². The minimum Gasteiger partial charge on any atom is -0.457 e. The smallest absolute Gasteiger partial charge is 0.133 e. The van der Waals surface area contributed by atoms with Gasteiger partial charge in [-0.1, -0.05) is 63.3 Å². The lowest BCUT2D eigenvalue weighted by atomic mass is 9.59. The Morgan fingerprint density at radius 2 is 0.979 bits per heavy atom. The van der Waals surface area contributed by atoms with Crippen molar-refractivity contribution in [2.45, 2.75) is 111 Å². The highest BCUT2D eigenvalue weighted by atomic mass is 16.5. The van der Waals surface area contributed by atoms with Crippen molar-refractivity contribution in [2.24, 2.45) is 17.8 Å². The largest absolute Gasteiger partial charge is 0.457 e.